The number of anilines is 1. The highest BCUT2D eigenvalue weighted by Crippen LogP contribution is 2.30. The van der Waals surface area contributed by atoms with Crippen LogP contribution in [0.25, 0.3) is 0 Å². The van der Waals surface area contributed by atoms with Crippen molar-refractivity contribution < 1.29 is 9.47 Å². The Labute approximate surface area is 123 Å². The van der Waals surface area contributed by atoms with E-state index in [1.807, 2.05) is 32.0 Å². The van der Waals surface area contributed by atoms with Gasteiger partial charge < -0.3 is 19.7 Å². The molecule has 0 radical (unpaired) electrons. The maximum Gasteiger partial charge on any atom is 0.163 e. The first kappa shape index (κ1) is 16.6. The maximum atomic E-state index is 5.62. The van der Waals surface area contributed by atoms with Gasteiger partial charge in [0.2, 0.25) is 0 Å². The number of benzene rings is 1. The summed E-state index contributed by atoms with van der Waals surface area (Å²) >= 11 is 0. The van der Waals surface area contributed by atoms with Crippen molar-refractivity contribution in [1.82, 2.24) is 4.90 Å². The van der Waals surface area contributed by atoms with Gasteiger partial charge in [0.1, 0.15) is 0 Å². The van der Waals surface area contributed by atoms with Crippen LogP contribution in [0.5, 0.6) is 11.5 Å². The van der Waals surface area contributed by atoms with E-state index in [1.165, 1.54) is 0 Å². The first-order chi connectivity index (χ1) is 9.74. The van der Waals surface area contributed by atoms with Crippen molar-refractivity contribution in [2.45, 2.75) is 27.7 Å². The number of hydrogen-bond donors (Lipinski definition) is 1. The second-order valence-corrected chi connectivity index (χ2v) is 4.48. The van der Waals surface area contributed by atoms with Crippen molar-refractivity contribution in [3.8, 4) is 11.5 Å². The first-order valence-electron chi connectivity index (χ1n) is 7.60. The molecule has 0 aliphatic carbocycles. The molecule has 0 aromatic heterocycles. The number of nitrogens with zero attached hydrogens (tertiary/aromatic N) is 1. The minimum Gasteiger partial charge on any atom is -0.490 e. The molecule has 0 heterocycles. The molecule has 1 aromatic rings. The van der Waals surface area contributed by atoms with Gasteiger partial charge in [-0.25, -0.2) is 0 Å². The molecule has 0 unspecified atom stereocenters. The third-order valence-corrected chi connectivity index (χ3v) is 3.19. The molecule has 0 saturated carbocycles. The molecule has 1 N–H and O–H groups in total. The summed E-state index contributed by atoms with van der Waals surface area (Å²) in [5, 5.41) is 3.43. The molecule has 1 aromatic carbocycles. The molecule has 4 nitrogen and oxygen atoms in total. The Kier molecular flexibility index (Phi) is 7.88. The largest absolute Gasteiger partial charge is 0.490 e. The lowest BCUT2D eigenvalue weighted by atomic mass is 10.2. The monoisotopic (exact) mass is 280 g/mol. The van der Waals surface area contributed by atoms with E-state index in [0.717, 1.165) is 43.4 Å². The van der Waals surface area contributed by atoms with Crippen molar-refractivity contribution in [2.75, 3.05) is 44.7 Å². The fraction of sp³-hybridized carbons (Fsp3) is 0.625. The fourth-order valence-electron chi connectivity index (χ4n) is 2.06. The van der Waals surface area contributed by atoms with Crippen molar-refractivity contribution in [1.29, 1.82) is 0 Å². The molecule has 4 heteroatoms. The van der Waals surface area contributed by atoms with Gasteiger partial charge in [-0.1, -0.05) is 13.8 Å². The average Bonchev–Trinajstić information content (AvgIpc) is 2.46. The molecule has 1 rings (SSSR count). The molecule has 0 fully saturated rings. The van der Waals surface area contributed by atoms with Crippen LogP contribution < -0.4 is 14.8 Å². The highest BCUT2D eigenvalue weighted by molar-refractivity contribution is 5.54. The summed E-state index contributed by atoms with van der Waals surface area (Å²) < 4.78 is 11.2. The van der Waals surface area contributed by atoms with Gasteiger partial charge >= 0.3 is 0 Å². The number of nitrogens with one attached hydrogen (secondary N) is 1. The molecule has 114 valence electrons. The summed E-state index contributed by atoms with van der Waals surface area (Å²) in [4.78, 5) is 2.39. The van der Waals surface area contributed by atoms with Gasteiger partial charge in [0.15, 0.2) is 11.5 Å². The summed E-state index contributed by atoms with van der Waals surface area (Å²) in [5.41, 5.74) is 1.07. The predicted octanol–water partition coefficient (Wildman–Crippen LogP) is 3.24. The quantitative estimate of drug-likeness (QED) is 0.713. The zero-order chi connectivity index (χ0) is 14.8. The summed E-state index contributed by atoms with van der Waals surface area (Å²) in [6.07, 6.45) is 0. The molecule has 0 atom stereocenters. The van der Waals surface area contributed by atoms with E-state index in [4.69, 9.17) is 9.47 Å². The normalized spacial score (nSPS) is 10.7. The predicted molar refractivity (Wildman–Crippen MR) is 85.1 cm³/mol. The lowest BCUT2D eigenvalue weighted by molar-refractivity contribution is 0.288. The van der Waals surface area contributed by atoms with E-state index in [2.05, 4.69) is 24.1 Å². The van der Waals surface area contributed by atoms with E-state index in [9.17, 15) is 0 Å². The summed E-state index contributed by atoms with van der Waals surface area (Å²) in [7, 11) is 0. The van der Waals surface area contributed by atoms with Crippen molar-refractivity contribution in [3.05, 3.63) is 18.2 Å². The number of hydrogen-bond acceptors (Lipinski definition) is 4. The molecule has 0 bridgehead atoms. The molecule has 0 spiro atoms. The summed E-state index contributed by atoms with van der Waals surface area (Å²) in [6, 6.07) is 6.01. The Morgan fingerprint density at radius 1 is 0.950 bits per heavy atom. The van der Waals surface area contributed by atoms with Crippen LogP contribution in [0.2, 0.25) is 0 Å². The van der Waals surface area contributed by atoms with Gasteiger partial charge in [-0.3, -0.25) is 0 Å². The molecule has 0 amide bonds. The van der Waals surface area contributed by atoms with Crippen molar-refractivity contribution in [2.24, 2.45) is 0 Å². The van der Waals surface area contributed by atoms with Gasteiger partial charge in [-0.15, -0.1) is 0 Å². The third kappa shape index (κ3) is 5.29. The molecular weight excluding hydrogens is 252 g/mol. The molecular formula is C16H28N2O2. The second kappa shape index (κ2) is 9.48. The smallest absolute Gasteiger partial charge is 0.163 e. The van der Waals surface area contributed by atoms with Crippen LogP contribution in [-0.4, -0.2) is 44.3 Å². The van der Waals surface area contributed by atoms with E-state index in [0.29, 0.717) is 13.2 Å². The lowest BCUT2D eigenvalue weighted by Gasteiger charge is -2.19. The van der Waals surface area contributed by atoms with Gasteiger partial charge in [0.25, 0.3) is 0 Å². The Balaban J connectivity index is 2.59. The SMILES string of the molecule is CCOc1ccc(NCCN(CC)CC)cc1OCC. The number of likely N-dealkylation sites (N-methyl/N-ethyl adjacent to an activating group) is 1. The van der Waals surface area contributed by atoms with E-state index >= 15 is 0 Å². The molecule has 0 saturated heterocycles. The fourth-order valence-corrected chi connectivity index (χ4v) is 2.06. The van der Waals surface area contributed by atoms with Crippen LogP contribution in [0.3, 0.4) is 0 Å². The highest BCUT2D eigenvalue weighted by Gasteiger charge is 2.06. The maximum absolute atomic E-state index is 5.62. The molecule has 0 aliphatic heterocycles. The lowest BCUT2D eigenvalue weighted by Crippen LogP contribution is -2.28. The van der Waals surface area contributed by atoms with Gasteiger partial charge in [-0.2, -0.15) is 0 Å². The third-order valence-electron chi connectivity index (χ3n) is 3.19. The summed E-state index contributed by atoms with van der Waals surface area (Å²) in [5.74, 6) is 1.62. The first-order valence-corrected chi connectivity index (χ1v) is 7.60. The Morgan fingerprint density at radius 2 is 1.60 bits per heavy atom. The Hall–Kier alpha value is -1.42. The number of rotatable bonds is 10. The Morgan fingerprint density at radius 3 is 2.20 bits per heavy atom. The van der Waals surface area contributed by atoms with Crippen LogP contribution in [0.15, 0.2) is 18.2 Å². The Bertz CT molecular complexity index is 379. The standard InChI is InChI=1S/C16H28N2O2/c1-5-18(6-2)12-11-17-14-9-10-15(19-7-3)16(13-14)20-8-4/h9-10,13,17H,5-8,11-12H2,1-4H3. The second-order valence-electron chi connectivity index (χ2n) is 4.48. The van der Waals surface area contributed by atoms with Gasteiger partial charge in [0, 0.05) is 24.8 Å². The van der Waals surface area contributed by atoms with Gasteiger partial charge in [-0.05, 0) is 39.1 Å². The van der Waals surface area contributed by atoms with E-state index < -0.39 is 0 Å². The minimum absolute atomic E-state index is 0.642. The van der Waals surface area contributed by atoms with E-state index in [-0.39, 0.29) is 0 Å². The minimum atomic E-state index is 0.642. The van der Waals surface area contributed by atoms with Crippen molar-refractivity contribution >= 4 is 5.69 Å². The van der Waals surface area contributed by atoms with Crippen LogP contribution >= 0.6 is 0 Å². The van der Waals surface area contributed by atoms with Gasteiger partial charge in [0.05, 0.1) is 13.2 Å². The zero-order valence-electron chi connectivity index (χ0n) is 13.2. The molecule has 20 heavy (non-hydrogen) atoms. The number of ether oxygens (including phenoxy) is 2. The van der Waals surface area contributed by atoms with Crippen LogP contribution in [-0.2, 0) is 0 Å². The average molecular weight is 280 g/mol. The van der Waals surface area contributed by atoms with Crippen molar-refractivity contribution in [3.63, 3.8) is 0 Å². The molecule has 0 aliphatic rings. The zero-order valence-corrected chi connectivity index (χ0v) is 13.2. The van der Waals surface area contributed by atoms with E-state index in [1.54, 1.807) is 0 Å². The topological polar surface area (TPSA) is 33.7 Å². The highest BCUT2D eigenvalue weighted by atomic mass is 16.5. The summed E-state index contributed by atoms with van der Waals surface area (Å²) in [6.45, 7) is 13.8. The van der Waals surface area contributed by atoms with Crippen LogP contribution in [0.1, 0.15) is 27.7 Å². The van der Waals surface area contributed by atoms with Crippen LogP contribution in [0.4, 0.5) is 5.69 Å². The van der Waals surface area contributed by atoms with Crippen LogP contribution in [0, 0.1) is 0 Å².